The predicted octanol–water partition coefficient (Wildman–Crippen LogP) is 3.91. The number of hydrogen-bond donors (Lipinski definition) is 2. The minimum atomic E-state index is -1.46. The van der Waals surface area contributed by atoms with Crippen LogP contribution >= 0.6 is 23.2 Å². The minimum Gasteiger partial charge on any atom is -0.305 e. The predicted molar refractivity (Wildman–Crippen MR) is 77.0 cm³/mol. The van der Waals surface area contributed by atoms with Crippen LogP contribution in [-0.4, -0.2) is 16.9 Å². The molecule has 3 amide bonds. The topological polar surface area (TPSA) is 71.1 Å². The summed E-state index contributed by atoms with van der Waals surface area (Å²) >= 11 is 11.0. The molecule has 2 aromatic rings. The van der Waals surface area contributed by atoms with Crippen molar-refractivity contribution in [3.63, 3.8) is 0 Å². The zero-order chi connectivity index (χ0) is 18.0. The number of benzene rings is 1. The van der Waals surface area contributed by atoms with E-state index in [9.17, 15) is 27.2 Å². The van der Waals surface area contributed by atoms with Gasteiger partial charge in [-0.25, -0.2) is 13.6 Å². The van der Waals surface area contributed by atoms with Gasteiger partial charge in [0.05, 0.1) is 5.69 Å². The van der Waals surface area contributed by atoms with Crippen LogP contribution in [0.3, 0.4) is 0 Å². The second kappa shape index (κ2) is 7.02. The Kier molecular flexibility index (Phi) is 5.25. The summed E-state index contributed by atoms with van der Waals surface area (Å²) in [7, 11) is 0. The third-order valence-corrected chi connectivity index (χ3v) is 3.34. The summed E-state index contributed by atoms with van der Waals surface area (Å²) in [4.78, 5) is 26.1. The van der Waals surface area contributed by atoms with Gasteiger partial charge in [0.2, 0.25) is 11.9 Å². The van der Waals surface area contributed by atoms with Crippen molar-refractivity contribution in [2.45, 2.75) is 0 Å². The molecule has 0 spiro atoms. The molecule has 0 radical (unpaired) electrons. The number of aromatic nitrogens is 1. The van der Waals surface area contributed by atoms with E-state index in [1.54, 1.807) is 10.6 Å². The van der Waals surface area contributed by atoms with Crippen molar-refractivity contribution in [3.05, 3.63) is 57.3 Å². The number of nitrogens with zero attached hydrogens (tertiary/aromatic N) is 1. The van der Waals surface area contributed by atoms with Gasteiger partial charge in [-0.3, -0.25) is 10.1 Å². The van der Waals surface area contributed by atoms with E-state index in [0.29, 0.717) is 0 Å². The Morgan fingerprint density at radius 1 is 0.958 bits per heavy atom. The standard InChI is InChI=1S/C13H5Cl2F4N3O2/c14-7-9(8(15)11(19)21-10(7)18)20-13(24)22-12(23)6-4(16)2-1-3-5(6)17/h1-3H,(H2,20,21,22,23,24). The highest BCUT2D eigenvalue weighted by Gasteiger charge is 2.22. The Morgan fingerprint density at radius 2 is 1.46 bits per heavy atom. The monoisotopic (exact) mass is 381 g/mol. The number of rotatable bonds is 2. The number of amides is 3. The average Bonchev–Trinajstić information content (AvgIpc) is 2.49. The maximum absolute atomic E-state index is 13.4. The molecule has 1 aromatic carbocycles. The summed E-state index contributed by atoms with van der Waals surface area (Å²) in [6.45, 7) is 0. The second-order valence-corrected chi connectivity index (χ2v) is 4.96. The van der Waals surface area contributed by atoms with Gasteiger partial charge < -0.3 is 5.32 Å². The molecule has 0 saturated carbocycles. The Bertz CT molecular complexity index is 802. The Morgan fingerprint density at radius 3 is 1.96 bits per heavy atom. The molecule has 2 rings (SSSR count). The number of pyridine rings is 1. The third-order valence-electron chi connectivity index (χ3n) is 2.65. The number of hydrogen-bond acceptors (Lipinski definition) is 3. The van der Waals surface area contributed by atoms with Crippen LogP contribution in [-0.2, 0) is 0 Å². The highest BCUT2D eigenvalue weighted by molar-refractivity contribution is 6.39. The van der Waals surface area contributed by atoms with E-state index >= 15 is 0 Å². The molecule has 0 unspecified atom stereocenters. The van der Waals surface area contributed by atoms with Crippen LogP contribution in [0.5, 0.6) is 0 Å². The number of carbonyl (C=O) groups excluding carboxylic acids is 2. The van der Waals surface area contributed by atoms with E-state index in [1.165, 1.54) is 0 Å². The zero-order valence-corrected chi connectivity index (χ0v) is 12.8. The molecule has 24 heavy (non-hydrogen) atoms. The molecule has 0 saturated heterocycles. The molecule has 1 aromatic heterocycles. The molecule has 126 valence electrons. The maximum atomic E-state index is 13.4. The van der Waals surface area contributed by atoms with Crippen molar-refractivity contribution in [2.24, 2.45) is 0 Å². The lowest BCUT2D eigenvalue weighted by Gasteiger charge is -2.11. The summed E-state index contributed by atoms with van der Waals surface area (Å²) in [6, 6.07) is 1.24. The Hall–Kier alpha value is -2.39. The van der Waals surface area contributed by atoms with E-state index < -0.39 is 56.8 Å². The number of anilines is 1. The Balaban J connectivity index is 2.22. The first-order valence-corrected chi connectivity index (χ1v) is 6.74. The van der Waals surface area contributed by atoms with Crippen LogP contribution in [0.4, 0.5) is 28.0 Å². The van der Waals surface area contributed by atoms with Gasteiger partial charge in [-0.15, -0.1) is 0 Å². The Labute approximate surface area is 141 Å². The summed E-state index contributed by atoms with van der Waals surface area (Å²) < 4.78 is 53.3. The van der Waals surface area contributed by atoms with Gasteiger partial charge in [0.25, 0.3) is 5.91 Å². The lowest BCUT2D eigenvalue weighted by Crippen LogP contribution is -2.35. The van der Waals surface area contributed by atoms with Gasteiger partial charge in [0.1, 0.15) is 27.2 Å². The molecule has 0 atom stereocenters. The van der Waals surface area contributed by atoms with Crippen LogP contribution < -0.4 is 10.6 Å². The SMILES string of the molecule is O=C(NC(=O)c1c(F)cccc1F)Nc1c(Cl)c(F)nc(F)c1Cl. The number of nitrogens with one attached hydrogen (secondary N) is 2. The molecule has 2 N–H and O–H groups in total. The molecule has 0 aliphatic carbocycles. The first-order valence-electron chi connectivity index (χ1n) is 5.98. The van der Waals surface area contributed by atoms with Gasteiger partial charge in [0, 0.05) is 0 Å². The zero-order valence-electron chi connectivity index (χ0n) is 11.3. The molecular weight excluding hydrogens is 377 g/mol. The first kappa shape index (κ1) is 18.0. The summed E-state index contributed by atoms with van der Waals surface area (Å²) in [5.74, 6) is -6.76. The molecule has 0 aliphatic heterocycles. The lowest BCUT2D eigenvalue weighted by molar-refractivity contribution is 0.0959. The highest BCUT2D eigenvalue weighted by atomic mass is 35.5. The quantitative estimate of drug-likeness (QED) is 0.611. The average molecular weight is 382 g/mol. The van der Waals surface area contributed by atoms with Crippen molar-refractivity contribution in [2.75, 3.05) is 5.32 Å². The molecular formula is C13H5Cl2F4N3O2. The summed E-state index contributed by atoms with van der Waals surface area (Å²) in [5, 5.41) is 1.73. The van der Waals surface area contributed by atoms with Crippen LogP contribution in [0.2, 0.25) is 10.0 Å². The van der Waals surface area contributed by atoms with Crippen molar-refractivity contribution in [3.8, 4) is 0 Å². The van der Waals surface area contributed by atoms with Crippen molar-refractivity contribution >= 4 is 40.8 Å². The summed E-state index contributed by atoms with van der Waals surface area (Å²) in [6.07, 6.45) is 0. The fourth-order valence-corrected chi connectivity index (χ4v) is 2.04. The van der Waals surface area contributed by atoms with E-state index in [4.69, 9.17) is 23.2 Å². The van der Waals surface area contributed by atoms with E-state index in [-0.39, 0.29) is 0 Å². The normalized spacial score (nSPS) is 10.4. The minimum absolute atomic E-state index is 0.706. The van der Waals surface area contributed by atoms with Gasteiger partial charge in [-0.2, -0.15) is 13.8 Å². The largest absolute Gasteiger partial charge is 0.326 e. The number of urea groups is 1. The molecule has 0 aliphatic rings. The number of carbonyl (C=O) groups is 2. The van der Waals surface area contributed by atoms with Gasteiger partial charge in [-0.05, 0) is 12.1 Å². The smallest absolute Gasteiger partial charge is 0.305 e. The van der Waals surface area contributed by atoms with Crippen LogP contribution in [0.25, 0.3) is 0 Å². The van der Waals surface area contributed by atoms with Crippen molar-refractivity contribution in [1.29, 1.82) is 0 Å². The number of halogens is 6. The molecule has 1 heterocycles. The van der Waals surface area contributed by atoms with Crippen LogP contribution in [0.1, 0.15) is 10.4 Å². The molecule has 0 bridgehead atoms. The fraction of sp³-hybridized carbons (Fsp3) is 0. The van der Waals surface area contributed by atoms with Crippen molar-refractivity contribution in [1.82, 2.24) is 10.3 Å². The van der Waals surface area contributed by atoms with Crippen molar-refractivity contribution < 1.29 is 27.2 Å². The van der Waals surface area contributed by atoms with Crippen LogP contribution in [0, 0.1) is 23.5 Å². The second-order valence-electron chi connectivity index (χ2n) is 4.20. The molecule has 11 heteroatoms. The molecule has 5 nitrogen and oxygen atoms in total. The van der Waals surface area contributed by atoms with Gasteiger partial charge in [0.15, 0.2) is 0 Å². The first-order chi connectivity index (χ1) is 11.2. The fourth-order valence-electron chi connectivity index (χ4n) is 1.62. The van der Waals surface area contributed by atoms with E-state index in [0.717, 1.165) is 18.2 Å². The third kappa shape index (κ3) is 3.57. The number of imide groups is 1. The highest BCUT2D eigenvalue weighted by Crippen LogP contribution is 2.33. The lowest BCUT2D eigenvalue weighted by atomic mass is 10.2. The maximum Gasteiger partial charge on any atom is 0.326 e. The van der Waals surface area contributed by atoms with Crippen LogP contribution in [0.15, 0.2) is 18.2 Å². The summed E-state index contributed by atoms with van der Waals surface area (Å²) in [5.41, 5.74) is -1.72. The van der Waals surface area contributed by atoms with Gasteiger partial charge >= 0.3 is 6.03 Å². The van der Waals surface area contributed by atoms with E-state index in [2.05, 4.69) is 4.98 Å². The van der Waals surface area contributed by atoms with E-state index in [1.807, 2.05) is 0 Å². The molecule has 0 fully saturated rings. The van der Waals surface area contributed by atoms with Gasteiger partial charge in [-0.1, -0.05) is 29.3 Å².